The van der Waals surface area contributed by atoms with Gasteiger partial charge in [-0.1, -0.05) is 30.3 Å². The zero-order chi connectivity index (χ0) is 21.7. The van der Waals surface area contributed by atoms with Crippen molar-refractivity contribution in [2.24, 2.45) is 0 Å². The van der Waals surface area contributed by atoms with Gasteiger partial charge in [-0.25, -0.2) is 4.79 Å². The van der Waals surface area contributed by atoms with Gasteiger partial charge in [-0.3, -0.25) is 4.79 Å². The minimum Gasteiger partial charge on any atom is -0.348 e. The van der Waals surface area contributed by atoms with E-state index in [0.29, 0.717) is 18.7 Å². The van der Waals surface area contributed by atoms with Crippen molar-refractivity contribution >= 4 is 11.9 Å². The summed E-state index contributed by atoms with van der Waals surface area (Å²) in [7, 11) is 1.59. The molecule has 0 radical (unpaired) electrons. The fourth-order valence-electron chi connectivity index (χ4n) is 3.75. The lowest BCUT2D eigenvalue weighted by Crippen LogP contribution is -2.43. The molecule has 30 heavy (non-hydrogen) atoms. The van der Waals surface area contributed by atoms with Crippen LogP contribution in [0, 0.1) is 0 Å². The van der Waals surface area contributed by atoms with Crippen molar-refractivity contribution < 1.29 is 22.8 Å². The van der Waals surface area contributed by atoms with Crippen molar-refractivity contribution in [3.8, 4) is 0 Å². The second-order valence-electron chi connectivity index (χ2n) is 7.30. The summed E-state index contributed by atoms with van der Waals surface area (Å²) in [6.45, 7) is 1.03. The molecule has 160 valence electrons. The maximum atomic E-state index is 13.1. The first kappa shape index (κ1) is 21.7. The van der Waals surface area contributed by atoms with Gasteiger partial charge in [-0.15, -0.1) is 0 Å². The molecule has 1 aliphatic rings. The van der Waals surface area contributed by atoms with Crippen LogP contribution in [-0.2, 0) is 12.7 Å². The van der Waals surface area contributed by atoms with Crippen molar-refractivity contribution in [3.05, 3.63) is 70.8 Å². The van der Waals surface area contributed by atoms with E-state index >= 15 is 0 Å². The molecule has 3 rings (SSSR count). The first-order chi connectivity index (χ1) is 14.3. The third kappa shape index (κ3) is 5.11. The number of hydrogen-bond donors (Lipinski definition) is 2. The minimum atomic E-state index is -4.47. The standard InChI is InChI=1S/C22H24F3N3O2/c1-26-21(30)28-11-5-9-18(14-28)15-7-4-8-16(12-15)20(29)27-13-17-6-2-3-10-19(17)22(23,24)25/h2-4,6-8,10,12,18H,5,9,11,13-14H2,1H3,(H,26,30)(H,27,29)/t18-/m0/s1. The number of carbonyl (C=O) groups is 2. The van der Waals surface area contributed by atoms with Gasteiger partial charge in [0.25, 0.3) is 5.91 Å². The zero-order valence-corrected chi connectivity index (χ0v) is 16.6. The fraction of sp³-hybridized carbons (Fsp3) is 0.364. The summed E-state index contributed by atoms with van der Waals surface area (Å²) in [5.41, 5.74) is 0.583. The maximum absolute atomic E-state index is 13.1. The summed E-state index contributed by atoms with van der Waals surface area (Å²) in [4.78, 5) is 26.2. The van der Waals surface area contributed by atoms with Gasteiger partial charge in [-0.05, 0) is 42.2 Å². The van der Waals surface area contributed by atoms with Crippen LogP contribution < -0.4 is 10.6 Å². The summed E-state index contributed by atoms with van der Waals surface area (Å²) in [5.74, 6) is -0.331. The zero-order valence-electron chi connectivity index (χ0n) is 16.6. The fourth-order valence-corrected chi connectivity index (χ4v) is 3.75. The van der Waals surface area contributed by atoms with Crippen molar-refractivity contribution in [2.75, 3.05) is 20.1 Å². The Morgan fingerprint density at radius 1 is 1.13 bits per heavy atom. The predicted molar refractivity (Wildman–Crippen MR) is 107 cm³/mol. The highest BCUT2D eigenvalue weighted by Crippen LogP contribution is 2.32. The molecule has 3 amide bonds. The third-order valence-electron chi connectivity index (χ3n) is 5.30. The number of piperidine rings is 1. The van der Waals surface area contributed by atoms with E-state index in [1.807, 2.05) is 6.07 Å². The average Bonchev–Trinajstić information content (AvgIpc) is 2.76. The van der Waals surface area contributed by atoms with Crippen LogP contribution in [0.5, 0.6) is 0 Å². The molecule has 1 fully saturated rings. The molecule has 0 bridgehead atoms. The number of nitrogens with one attached hydrogen (secondary N) is 2. The number of urea groups is 1. The summed E-state index contributed by atoms with van der Waals surface area (Å²) in [5, 5.41) is 5.21. The lowest BCUT2D eigenvalue weighted by Gasteiger charge is -2.32. The Hall–Kier alpha value is -3.03. The highest BCUT2D eigenvalue weighted by Gasteiger charge is 2.33. The number of halogens is 3. The molecule has 1 saturated heterocycles. The van der Waals surface area contributed by atoms with Crippen LogP contribution in [0.15, 0.2) is 48.5 Å². The average molecular weight is 419 g/mol. The molecule has 0 aromatic heterocycles. The molecule has 2 aromatic rings. The first-order valence-electron chi connectivity index (χ1n) is 9.79. The van der Waals surface area contributed by atoms with Crippen LogP contribution in [0.2, 0.25) is 0 Å². The van der Waals surface area contributed by atoms with E-state index in [2.05, 4.69) is 10.6 Å². The molecule has 1 atom stereocenters. The molecule has 1 heterocycles. The van der Waals surface area contributed by atoms with Gasteiger partial charge < -0.3 is 15.5 Å². The quantitative estimate of drug-likeness (QED) is 0.782. The van der Waals surface area contributed by atoms with Crippen LogP contribution >= 0.6 is 0 Å². The van der Waals surface area contributed by atoms with Crippen LogP contribution in [0.4, 0.5) is 18.0 Å². The number of rotatable bonds is 4. The largest absolute Gasteiger partial charge is 0.416 e. The number of nitrogens with zero attached hydrogens (tertiary/aromatic N) is 1. The van der Waals surface area contributed by atoms with Gasteiger partial charge >= 0.3 is 12.2 Å². The molecule has 2 N–H and O–H groups in total. The van der Waals surface area contributed by atoms with Crippen LogP contribution in [-0.4, -0.2) is 37.0 Å². The van der Waals surface area contributed by atoms with E-state index in [0.717, 1.165) is 24.5 Å². The Balaban J connectivity index is 1.69. The number of carbonyl (C=O) groups excluding carboxylic acids is 2. The van der Waals surface area contributed by atoms with Crippen LogP contribution in [0.25, 0.3) is 0 Å². The molecule has 0 saturated carbocycles. The van der Waals surface area contributed by atoms with Gasteiger partial charge in [0.2, 0.25) is 0 Å². The van der Waals surface area contributed by atoms with Crippen LogP contribution in [0.3, 0.4) is 0 Å². The second kappa shape index (κ2) is 9.19. The van der Waals surface area contributed by atoms with Crippen LogP contribution in [0.1, 0.15) is 45.8 Å². The van der Waals surface area contributed by atoms with E-state index < -0.39 is 17.6 Å². The number of benzene rings is 2. The second-order valence-corrected chi connectivity index (χ2v) is 7.30. The van der Waals surface area contributed by atoms with E-state index in [-0.39, 0.29) is 24.1 Å². The first-order valence-corrected chi connectivity index (χ1v) is 9.79. The van der Waals surface area contributed by atoms with E-state index in [4.69, 9.17) is 0 Å². The molecule has 0 spiro atoms. The van der Waals surface area contributed by atoms with Gasteiger partial charge in [-0.2, -0.15) is 13.2 Å². The molecular formula is C22H24F3N3O2. The molecule has 8 heteroatoms. The van der Waals surface area contributed by atoms with Gasteiger partial charge in [0, 0.05) is 38.2 Å². The van der Waals surface area contributed by atoms with E-state index in [1.54, 1.807) is 30.1 Å². The summed E-state index contributed by atoms with van der Waals surface area (Å²) < 4.78 is 39.4. The van der Waals surface area contributed by atoms with E-state index in [9.17, 15) is 22.8 Å². The summed E-state index contributed by atoms with van der Waals surface area (Å²) in [6, 6.07) is 12.1. The Labute approximate surface area is 173 Å². The molecule has 5 nitrogen and oxygen atoms in total. The smallest absolute Gasteiger partial charge is 0.348 e. The van der Waals surface area contributed by atoms with E-state index in [1.165, 1.54) is 18.2 Å². The molecule has 1 aliphatic heterocycles. The summed E-state index contributed by atoms with van der Waals surface area (Å²) in [6.07, 6.45) is -2.71. The Bertz CT molecular complexity index is 914. The van der Waals surface area contributed by atoms with Crippen molar-refractivity contribution in [1.29, 1.82) is 0 Å². The van der Waals surface area contributed by atoms with Gasteiger partial charge in [0.1, 0.15) is 0 Å². The van der Waals surface area contributed by atoms with Crippen molar-refractivity contribution in [2.45, 2.75) is 31.5 Å². The SMILES string of the molecule is CNC(=O)N1CCC[C@H](c2cccc(C(=O)NCc3ccccc3C(F)(F)F)c2)C1. The number of likely N-dealkylation sites (tertiary alicyclic amines) is 1. The molecular weight excluding hydrogens is 395 g/mol. The Kier molecular flexibility index (Phi) is 6.64. The minimum absolute atomic E-state index is 0.0167. The Morgan fingerprint density at radius 3 is 2.63 bits per heavy atom. The number of hydrogen-bond acceptors (Lipinski definition) is 2. The van der Waals surface area contributed by atoms with Gasteiger partial charge in [0.05, 0.1) is 5.56 Å². The normalized spacial score (nSPS) is 16.8. The lowest BCUT2D eigenvalue weighted by atomic mass is 9.89. The van der Waals surface area contributed by atoms with Gasteiger partial charge in [0.15, 0.2) is 0 Å². The number of amides is 3. The van der Waals surface area contributed by atoms with Crippen molar-refractivity contribution in [1.82, 2.24) is 15.5 Å². The molecule has 0 unspecified atom stereocenters. The topological polar surface area (TPSA) is 61.4 Å². The molecule has 0 aliphatic carbocycles. The monoisotopic (exact) mass is 419 g/mol. The lowest BCUT2D eigenvalue weighted by molar-refractivity contribution is -0.138. The summed E-state index contributed by atoms with van der Waals surface area (Å²) >= 11 is 0. The predicted octanol–water partition coefficient (Wildman–Crippen LogP) is 4.15. The third-order valence-corrected chi connectivity index (χ3v) is 5.30. The Morgan fingerprint density at radius 2 is 1.90 bits per heavy atom. The van der Waals surface area contributed by atoms with Crippen molar-refractivity contribution in [3.63, 3.8) is 0 Å². The highest BCUT2D eigenvalue weighted by atomic mass is 19.4. The maximum Gasteiger partial charge on any atom is 0.416 e. The highest BCUT2D eigenvalue weighted by molar-refractivity contribution is 5.94. The number of alkyl halides is 3. The molecule has 2 aromatic carbocycles.